The van der Waals surface area contributed by atoms with Crippen LogP contribution in [0.25, 0.3) is 0 Å². The fraction of sp³-hybridized carbons (Fsp3) is 0.474. The number of carbonyl (C=O) groups excluding carboxylic acids is 1. The molecule has 0 bridgehead atoms. The first-order chi connectivity index (χ1) is 12.1. The lowest BCUT2D eigenvalue weighted by atomic mass is 9.88. The van der Waals surface area contributed by atoms with Gasteiger partial charge in [0, 0.05) is 30.3 Å². The topological polar surface area (TPSA) is 99.0 Å². The van der Waals surface area contributed by atoms with E-state index in [-0.39, 0.29) is 17.9 Å². The number of hydrogen-bond acceptors (Lipinski definition) is 5. The molecule has 25 heavy (non-hydrogen) atoms. The molecule has 0 fully saturated rings. The summed E-state index contributed by atoms with van der Waals surface area (Å²) in [6.07, 6.45) is 4.10. The predicted octanol–water partition coefficient (Wildman–Crippen LogP) is 2.08. The fourth-order valence-corrected chi connectivity index (χ4v) is 3.99. The molecular weight excluding hydrogens is 314 g/mol. The normalized spacial score (nSPS) is 22.0. The van der Waals surface area contributed by atoms with E-state index in [9.17, 15) is 4.79 Å². The molecule has 132 valence electrons. The molecule has 5 N–H and O–H groups in total. The highest BCUT2D eigenvalue weighted by atomic mass is 16.2. The molecule has 0 radical (unpaired) electrons. The number of aryl methyl sites for hydroxylation is 1. The number of hydrogen-bond donors (Lipinski definition) is 3. The van der Waals surface area contributed by atoms with Gasteiger partial charge in [0.2, 0.25) is 0 Å². The summed E-state index contributed by atoms with van der Waals surface area (Å²) in [4.78, 5) is 13.2. The van der Waals surface area contributed by atoms with E-state index >= 15 is 0 Å². The number of fused-ring (bicyclic) bond motifs is 2. The summed E-state index contributed by atoms with van der Waals surface area (Å²) in [5.74, 6) is 0.259. The van der Waals surface area contributed by atoms with E-state index in [0.29, 0.717) is 12.2 Å². The van der Waals surface area contributed by atoms with Crippen LogP contribution in [-0.2, 0) is 19.3 Å². The van der Waals surface area contributed by atoms with Gasteiger partial charge in [-0.1, -0.05) is 19.1 Å². The minimum atomic E-state index is -0.208. The Morgan fingerprint density at radius 3 is 3.04 bits per heavy atom. The molecule has 1 unspecified atom stereocenters. The summed E-state index contributed by atoms with van der Waals surface area (Å²) >= 11 is 0. The third-order valence-electron chi connectivity index (χ3n) is 5.48. The molecule has 6 heteroatoms. The van der Waals surface area contributed by atoms with Gasteiger partial charge < -0.3 is 16.8 Å². The highest BCUT2D eigenvalue weighted by molar-refractivity contribution is 5.90. The summed E-state index contributed by atoms with van der Waals surface area (Å²) in [7, 11) is 0. The van der Waals surface area contributed by atoms with E-state index in [0.717, 1.165) is 54.7 Å². The van der Waals surface area contributed by atoms with Crippen molar-refractivity contribution >= 4 is 17.4 Å². The van der Waals surface area contributed by atoms with Crippen LogP contribution >= 0.6 is 0 Å². The summed E-state index contributed by atoms with van der Waals surface area (Å²) < 4.78 is 1.43. The lowest BCUT2D eigenvalue weighted by Gasteiger charge is -2.26. The molecule has 6 nitrogen and oxygen atoms in total. The number of nitrogen functional groups attached to an aromatic ring is 1. The minimum absolute atomic E-state index is 0.0310. The summed E-state index contributed by atoms with van der Waals surface area (Å²) in [6.45, 7) is 2.90. The first-order valence-corrected chi connectivity index (χ1v) is 9.11. The zero-order valence-corrected chi connectivity index (χ0v) is 14.6. The number of anilines is 2. The number of nitrogens with zero attached hydrogens (tertiary/aromatic N) is 2. The summed E-state index contributed by atoms with van der Waals surface area (Å²) in [5.41, 5.74) is 17.5. The molecule has 0 spiro atoms. The second kappa shape index (κ2) is 6.19. The Labute approximate surface area is 147 Å². The average Bonchev–Trinajstić information content (AvgIpc) is 2.96. The van der Waals surface area contributed by atoms with Gasteiger partial charge in [0.25, 0.3) is 5.91 Å². The van der Waals surface area contributed by atoms with E-state index < -0.39 is 0 Å². The Balaban J connectivity index is 1.71. The Hall–Kier alpha value is -2.34. The number of nitrogens with one attached hydrogen (secondary N) is 1. The Morgan fingerprint density at radius 2 is 2.24 bits per heavy atom. The number of nitrogens with two attached hydrogens (primary N) is 2. The Kier molecular flexibility index (Phi) is 4.00. The second-order valence-electron chi connectivity index (χ2n) is 7.11. The van der Waals surface area contributed by atoms with Crippen LogP contribution in [0.2, 0.25) is 0 Å². The Morgan fingerprint density at radius 1 is 1.40 bits per heavy atom. The smallest absolute Gasteiger partial charge is 0.256 e. The molecule has 1 aromatic carbocycles. The van der Waals surface area contributed by atoms with Gasteiger partial charge in [0.15, 0.2) is 0 Å². The molecule has 2 aromatic rings. The van der Waals surface area contributed by atoms with Gasteiger partial charge in [-0.15, -0.1) is 0 Å². The van der Waals surface area contributed by atoms with E-state index in [1.165, 1.54) is 10.2 Å². The largest absolute Gasteiger partial charge is 0.385 e. The van der Waals surface area contributed by atoms with Crippen molar-refractivity contribution in [2.45, 2.75) is 51.0 Å². The SMILES string of the molecule is CCc1ccc2c(c1)[C@@H](C(=O)n1nc3c(c1N)CCC(N)C3)CCN2. The van der Waals surface area contributed by atoms with Gasteiger partial charge in [0.1, 0.15) is 5.82 Å². The van der Waals surface area contributed by atoms with E-state index in [2.05, 4.69) is 35.5 Å². The number of rotatable bonds is 2. The van der Waals surface area contributed by atoms with E-state index in [4.69, 9.17) is 11.5 Å². The highest BCUT2D eigenvalue weighted by Gasteiger charge is 2.32. The van der Waals surface area contributed by atoms with E-state index in [1.807, 2.05) is 0 Å². The van der Waals surface area contributed by atoms with E-state index in [1.54, 1.807) is 0 Å². The average molecular weight is 339 g/mol. The molecule has 2 aliphatic rings. The molecular formula is C19H25N5O. The van der Waals surface area contributed by atoms with Gasteiger partial charge >= 0.3 is 0 Å². The van der Waals surface area contributed by atoms with Gasteiger partial charge in [0.05, 0.1) is 11.6 Å². The second-order valence-corrected chi connectivity index (χ2v) is 7.11. The van der Waals surface area contributed by atoms with Crippen LogP contribution in [0, 0.1) is 0 Å². The minimum Gasteiger partial charge on any atom is -0.385 e. The van der Waals surface area contributed by atoms with Crippen molar-refractivity contribution < 1.29 is 4.79 Å². The highest BCUT2D eigenvalue weighted by Crippen LogP contribution is 2.35. The first-order valence-electron chi connectivity index (χ1n) is 9.11. The van der Waals surface area contributed by atoms with Crippen molar-refractivity contribution in [1.82, 2.24) is 9.78 Å². The van der Waals surface area contributed by atoms with Gasteiger partial charge in [-0.05, 0) is 42.9 Å². The molecule has 1 aliphatic heterocycles. The van der Waals surface area contributed by atoms with Crippen LogP contribution in [0.4, 0.5) is 11.5 Å². The Bertz CT molecular complexity index is 825. The standard InChI is InChI=1S/C19H25N5O/c1-2-11-3-6-16-15(9-11)13(7-8-22-16)19(25)24-18(21)14-5-4-12(20)10-17(14)23-24/h3,6,9,12-13,22H,2,4-5,7-8,10,20-21H2,1H3/t12?,13-/m0/s1. The molecule has 1 aromatic heterocycles. The molecule has 2 heterocycles. The molecule has 0 amide bonds. The number of benzene rings is 1. The molecule has 0 saturated carbocycles. The van der Waals surface area contributed by atoms with Crippen molar-refractivity contribution in [2.75, 3.05) is 17.6 Å². The van der Waals surface area contributed by atoms with Gasteiger partial charge in [-0.3, -0.25) is 4.79 Å². The zero-order chi connectivity index (χ0) is 17.6. The van der Waals surface area contributed by atoms with Crippen LogP contribution in [0.3, 0.4) is 0 Å². The number of carbonyl (C=O) groups is 1. The quantitative estimate of drug-likeness (QED) is 0.778. The van der Waals surface area contributed by atoms with Crippen molar-refractivity contribution in [3.63, 3.8) is 0 Å². The van der Waals surface area contributed by atoms with Crippen LogP contribution < -0.4 is 16.8 Å². The predicted molar refractivity (Wildman–Crippen MR) is 98.9 cm³/mol. The third kappa shape index (κ3) is 2.70. The maximum atomic E-state index is 13.2. The maximum absolute atomic E-state index is 13.2. The summed E-state index contributed by atoms with van der Waals surface area (Å²) in [6, 6.07) is 6.43. The molecule has 4 rings (SSSR count). The van der Waals surface area contributed by atoms with Crippen molar-refractivity contribution in [3.8, 4) is 0 Å². The van der Waals surface area contributed by atoms with Crippen LogP contribution in [0.1, 0.15) is 52.9 Å². The lowest BCUT2D eigenvalue weighted by molar-refractivity contribution is 0.0859. The van der Waals surface area contributed by atoms with Gasteiger partial charge in [-0.2, -0.15) is 9.78 Å². The van der Waals surface area contributed by atoms with Gasteiger partial charge in [-0.25, -0.2) is 0 Å². The molecule has 1 aliphatic carbocycles. The number of aromatic nitrogens is 2. The van der Waals surface area contributed by atoms with Crippen LogP contribution in [0.15, 0.2) is 18.2 Å². The molecule has 2 atom stereocenters. The third-order valence-corrected chi connectivity index (χ3v) is 5.48. The van der Waals surface area contributed by atoms with Crippen molar-refractivity contribution in [2.24, 2.45) is 5.73 Å². The first kappa shape index (κ1) is 16.1. The maximum Gasteiger partial charge on any atom is 0.256 e. The van der Waals surface area contributed by atoms with Crippen LogP contribution in [0.5, 0.6) is 0 Å². The monoisotopic (exact) mass is 339 g/mol. The lowest BCUT2D eigenvalue weighted by Crippen LogP contribution is -2.28. The fourth-order valence-electron chi connectivity index (χ4n) is 3.99. The van der Waals surface area contributed by atoms with Crippen LogP contribution in [-0.4, -0.2) is 28.3 Å². The zero-order valence-electron chi connectivity index (χ0n) is 14.6. The van der Waals surface area contributed by atoms with Crippen molar-refractivity contribution in [3.05, 3.63) is 40.6 Å². The molecule has 0 saturated heterocycles. The summed E-state index contributed by atoms with van der Waals surface area (Å²) in [5, 5.41) is 7.92. The van der Waals surface area contributed by atoms with Crippen molar-refractivity contribution in [1.29, 1.82) is 0 Å².